The van der Waals surface area contributed by atoms with Gasteiger partial charge in [0.2, 0.25) is 0 Å². The number of ether oxygens (including phenoxy) is 1. The highest BCUT2D eigenvalue weighted by Gasteiger charge is 2.49. The maximum absolute atomic E-state index is 13.3. The molecule has 0 radical (unpaired) electrons. The van der Waals surface area contributed by atoms with E-state index in [1.807, 2.05) is 0 Å². The molecule has 1 aliphatic carbocycles. The van der Waals surface area contributed by atoms with E-state index < -0.39 is 11.9 Å². The summed E-state index contributed by atoms with van der Waals surface area (Å²) < 4.78 is 18.4. The Labute approximate surface area is 99.2 Å². The predicted octanol–water partition coefficient (Wildman–Crippen LogP) is 2.81. The Bertz CT molecular complexity index is 456. The fourth-order valence-corrected chi connectivity index (χ4v) is 2.36. The quantitative estimate of drug-likeness (QED) is 0.749. The third-order valence-electron chi connectivity index (χ3n) is 3.69. The van der Waals surface area contributed by atoms with Crippen LogP contribution in [-0.4, -0.2) is 24.1 Å². The van der Waals surface area contributed by atoms with E-state index in [2.05, 4.69) is 0 Å². The van der Waals surface area contributed by atoms with Gasteiger partial charge in [-0.3, -0.25) is 0 Å². The third kappa shape index (κ3) is 1.99. The molecule has 1 aromatic carbocycles. The molecule has 0 unspecified atom stereocenters. The fraction of sp³-hybridized carbons (Fsp3) is 0.462. The molecule has 0 aromatic heterocycles. The first kappa shape index (κ1) is 10.6. The minimum atomic E-state index is -0.499. The van der Waals surface area contributed by atoms with Crippen molar-refractivity contribution >= 4 is 6.09 Å². The van der Waals surface area contributed by atoms with E-state index in [9.17, 15) is 9.18 Å². The van der Waals surface area contributed by atoms with Gasteiger partial charge in [-0.25, -0.2) is 9.18 Å². The monoisotopic (exact) mass is 235 g/mol. The maximum Gasteiger partial charge on any atom is 0.415 e. The van der Waals surface area contributed by atoms with Crippen LogP contribution in [0, 0.1) is 11.2 Å². The first-order valence-electron chi connectivity index (χ1n) is 5.90. The van der Waals surface area contributed by atoms with Gasteiger partial charge in [0.15, 0.2) is 11.6 Å². The molecule has 1 heterocycles. The molecule has 4 heteroatoms. The lowest BCUT2D eigenvalue weighted by molar-refractivity contribution is 0.158. The SMILES string of the molecule is O=C(Oc1ccccc1F)N1CCC2(CC2)C1. The summed E-state index contributed by atoms with van der Waals surface area (Å²) in [6.45, 7) is 1.49. The van der Waals surface area contributed by atoms with E-state index in [0.717, 1.165) is 19.5 Å². The van der Waals surface area contributed by atoms with Crippen LogP contribution in [0.2, 0.25) is 0 Å². The van der Waals surface area contributed by atoms with Crippen molar-refractivity contribution in [2.45, 2.75) is 19.3 Å². The number of benzene rings is 1. The van der Waals surface area contributed by atoms with Crippen molar-refractivity contribution in [3.8, 4) is 5.75 Å². The molecule has 1 saturated heterocycles. The molecule has 90 valence electrons. The van der Waals surface area contributed by atoms with Gasteiger partial charge in [-0.05, 0) is 36.8 Å². The van der Waals surface area contributed by atoms with E-state index in [4.69, 9.17) is 4.74 Å². The second-order valence-electron chi connectivity index (χ2n) is 4.97. The molecule has 2 aliphatic rings. The van der Waals surface area contributed by atoms with Crippen LogP contribution in [0.25, 0.3) is 0 Å². The summed E-state index contributed by atoms with van der Waals surface area (Å²) in [4.78, 5) is 13.5. The van der Waals surface area contributed by atoms with Crippen molar-refractivity contribution in [2.24, 2.45) is 5.41 Å². The zero-order valence-electron chi connectivity index (χ0n) is 9.49. The number of para-hydroxylation sites is 1. The molecule has 1 spiro atoms. The van der Waals surface area contributed by atoms with Crippen LogP contribution in [0.3, 0.4) is 0 Å². The van der Waals surface area contributed by atoms with Gasteiger partial charge in [0.1, 0.15) is 0 Å². The zero-order valence-corrected chi connectivity index (χ0v) is 9.49. The van der Waals surface area contributed by atoms with E-state index in [1.54, 1.807) is 17.0 Å². The topological polar surface area (TPSA) is 29.5 Å². The third-order valence-corrected chi connectivity index (χ3v) is 3.69. The Morgan fingerprint density at radius 3 is 2.71 bits per heavy atom. The van der Waals surface area contributed by atoms with Crippen LogP contribution in [0.15, 0.2) is 24.3 Å². The van der Waals surface area contributed by atoms with Gasteiger partial charge in [0.25, 0.3) is 0 Å². The van der Waals surface area contributed by atoms with Crippen LogP contribution in [0.4, 0.5) is 9.18 Å². The van der Waals surface area contributed by atoms with Gasteiger partial charge < -0.3 is 9.64 Å². The molecule has 17 heavy (non-hydrogen) atoms. The molecular weight excluding hydrogens is 221 g/mol. The summed E-state index contributed by atoms with van der Waals surface area (Å²) in [5.41, 5.74) is 0.369. The van der Waals surface area contributed by atoms with Crippen molar-refractivity contribution in [2.75, 3.05) is 13.1 Å². The van der Waals surface area contributed by atoms with Crippen molar-refractivity contribution in [3.63, 3.8) is 0 Å². The number of nitrogens with zero attached hydrogens (tertiary/aromatic N) is 1. The second-order valence-corrected chi connectivity index (χ2v) is 4.97. The highest BCUT2D eigenvalue weighted by molar-refractivity contribution is 5.71. The molecule has 3 nitrogen and oxygen atoms in total. The molecule has 1 amide bonds. The number of carbonyl (C=O) groups excluding carboxylic acids is 1. The van der Waals surface area contributed by atoms with Gasteiger partial charge >= 0.3 is 6.09 Å². The molecule has 2 fully saturated rings. The lowest BCUT2D eigenvalue weighted by atomic mass is 10.1. The second kappa shape index (κ2) is 3.72. The average molecular weight is 235 g/mol. The number of amides is 1. The first-order valence-corrected chi connectivity index (χ1v) is 5.90. The predicted molar refractivity (Wildman–Crippen MR) is 60.3 cm³/mol. The van der Waals surface area contributed by atoms with Crippen molar-refractivity contribution in [3.05, 3.63) is 30.1 Å². The van der Waals surface area contributed by atoms with Crippen molar-refractivity contribution < 1.29 is 13.9 Å². The van der Waals surface area contributed by atoms with Crippen LogP contribution in [0.1, 0.15) is 19.3 Å². The molecular formula is C13H14FNO2. The standard InChI is InChI=1S/C13H14FNO2/c14-10-3-1-2-4-11(10)17-12(16)15-8-7-13(9-15)5-6-13/h1-4H,5-9H2. The smallest absolute Gasteiger partial charge is 0.407 e. The minimum Gasteiger partial charge on any atom is -0.407 e. The summed E-state index contributed by atoms with van der Waals surface area (Å²) in [6, 6.07) is 5.98. The minimum absolute atomic E-state index is 0.00856. The number of rotatable bonds is 1. The maximum atomic E-state index is 13.3. The molecule has 0 N–H and O–H groups in total. The summed E-state index contributed by atoms with van der Waals surface area (Å²) in [7, 11) is 0. The number of likely N-dealkylation sites (tertiary alicyclic amines) is 1. The van der Waals surface area contributed by atoms with Gasteiger partial charge in [-0.2, -0.15) is 0 Å². The van der Waals surface area contributed by atoms with Crippen molar-refractivity contribution in [1.82, 2.24) is 4.90 Å². The summed E-state index contributed by atoms with van der Waals surface area (Å²) in [5, 5.41) is 0. The molecule has 1 aliphatic heterocycles. The molecule has 0 bridgehead atoms. The fourth-order valence-electron chi connectivity index (χ4n) is 2.36. The van der Waals surface area contributed by atoms with Gasteiger partial charge in [0, 0.05) is 13.1 Å². The normalized spacial score (nSPS) is 20.6. The largest absolute Gasteiger partial charge is 0.415 e. The Balaban J connectivity index is 1.66. The molecule has 3 rings (SSSR count). The number of halogens is 1. The van der Waals surface area contributed by atoms with Gasteiger partial charge in [-0.15, -0.1) is 0 Å². The van der Waals surface area contributed by atoms with E-state index in [0.29, 0.717) is 5.41 Å². The van der Waals surface area contributed by atoms with E-state index in [-0.39, 0.29) is 5.75 Å². The Morgan fingerprint density at radius 1 is 1.29 bits per heavy atom. The summed E-state index contributed by atoms with van der Waals surface area (Å²) >= 11 is 0. The van der Waals surface area contributed by atoms with E-state index >= 15 is 0 Å². The highest BCUT2D eigenvalue weighted by Crippen LogP contribution is 2.52. The van der Waals surface area contributed by atoms with E-state index in [1.165, 1.54) is 25.0 Å². The number of hydrogen-bond acceptors (Lipinski definition) is 2. The lowest BCUT2D eigenvalue weighted by Crippen LogP contribution is -2.31. The highest BCUT2D eigenvalue weighted by atomic mass is 19.1. The summed E-state index contributed by atoms with van der Waals surface area (Å²) in [6.07, 6.45) is 3.03. The van der Waals surface area contributed by atoms with Crippen LogP contribution in [-0.2, 0) is 0 Å². The van der Waals surface area contributed by atoms with Crippen LogP contribution >= 0.6 is 0 Å². The molecule has 1 aromatic rings. The van der Waals surface area contributed by atoms with Gasteiger partial charge in [0.05, 0.1) is 0 Å². The zero-order chi connectivity index (χ0) is 11.9. The number of hydrogen-bond donors (Lipinski definition) is 0. The first-order chi connectivity index (χ1) is 8.19. The van der Waals surface area contributed by atoms with Crippen LogP contribution in [0.5, 0.6) is 5.75 Å². The molecule has 1 saturated carbocycles. The Kier molecular flexibility index (Phi) is 2.31. The summed E-state index contributed by atoms with van der Waals surface area (Å²) in [5.74, 6) is -0.490. The Morgan fingerprint density at radius 2 is 2.06 bits per heavy atom. The molecule has 0 atom stereocenters. The average Bonchev–Trinajstić information content (AvgIpc) is 2.92. The van der Waals surface area contributed by atoms with Gasteiger partial charge in [-0.1, -0.05) is 12.1 Å². The lowest BCUT2D eigenvalue weighted by Gasteiger charge is -2.16. The van der Waals surface area contributed by atoms with Crippen LogP contribution < -0.4 is 4.74 Å². The number of carbonyl (C=O) groups is 1. The van der Waals surface area contributed by atoms with Crippen molar-refractivity contribution in [1.29, 1.82) is 0 Å². The Hall–Kier alpha value is -1.58.